The predicted octanol–water partition coefficient (Wildman–Crippen LogP) is 3.16. The second-order valence-corrected chi connectivity index (χ2v) is 8.23. The number of nitrogens with one attached hydrogen (secondary N) is 1. The lowest BCUT2D eigenvalue weighted by molar-refractivity contribution is 0.0500. The third-order valence-corrected chi connectivity index (χ3v) is 6.12. The molecule has 1 aliphatic rings. The van der Waals surface area contributed by atoms with Crippen LogP contribution < -0.4 is 9.47 Å². The van der Waals surface area contributed by atoms with Gasteiger partial charge in [-0.15, -0.1) is 0 Å². The summed E-state index contributed by atoms with van der Waals surface area (Å²) in [6, 6.07) is 16.6. The molecule has 2 N–H and O–H groups in total. The number of aromatic amines is 1. The van der Waals surface area contributed by atoms with Crippen molar-refractivity contribution in [2.45, 2.75) is 25.6 Å². The number of hydrogen-bond donors (Lipinski definition) is 2. The summed E-state index contributed by atoms with van der Waals surface area (Å²) in [7, 11) is 3.34. The van der Waals surface area contributed by atoms with Gasteiger partial charge in [0.15, 0.2) is 0 Å². The first-order chi connectivity index (χ1) is 15.7. The molecule has 1 aromatic heterocycles. The van der Waals surface area contributed by atoms with E-state index in [9.17, 15) is 5.11 Å². The van der Waals surface area contributed by atoms with Crippen molar-refractivity contribution in [2.24, 2.45) is 0 Å². The van der Waals surface area contributed by atoms with Crippen LogP contribution in [0.15, 0.2) is 54.7 Å². The van der Waals surface area contributed by atoms with E-state index in [0.29, 0.717) is 0 Å². The number of aromatic nitrogens is 2. The molecule has 0 amide bonds. The van der Waals surface area contributed by atoms with E-state index in [4.69, 9.17) is 9.47 Å². The van der Waals surface area contributed by atoms with Gasteiger partial charge in [-0.25, -0.2) is 0 Å². The van der Waals surface area contributed by atoms with Crippen LogP contribution in [0.4, 0.5) is 0 Å². The smallest absolute Gasteiger partial charge is 0.122 e. The summed E-state index contributed by atoms with van der Waals surface area (Å²) in [6.45, 7) is 4.61. The van der Waals surface area contributed by atoms with E-state index in [-0.39, 0.29) is 12.6 Å². The van der Waals surface area contributed by atoms with E-state index >= 15 is 0 Å². The number of aliphatic hydroxyl groups excluding tert-OH is 1. The van der Waals surface area contributed by atoms with Crippen LogP contribution in [0.1, 0.15) is 17.5 Å². The van der Waals surface area contributed by atoms with Crippen molar-refractivity contribution in [2.75, 3.05) is 40.5 Å². The third-order valence-electron chi connectivity index (χ3n) is 6.12. The first kappa shape index (κ1) is 22.3. The van der Waals surface area contributed by atoms with Crippen molar-refractivity contribution in [3.8, 4) is 22.8 Å². The minimum Gasteiger partial charge on any atom is -0.497 e. The highest BCUT2D eigenvalue weighted by Crippen LogP contribution is 2.27. The molecule has 1 unspecified atom stereocenters. The van der Waals surface area contributed by atoms with E-state index in [0.717, 1.165) is 67.5 Å². The lowest BCUT2D eigenvalue weighted by atomic mass is 10.0. The molecule has 1 fully saturated rings. The van der Waals surface area contributed by atoms with Gasteiger partial charge in [0.25, 0.3) is 0 Å². The van der Waals surface area contributed by atoms with Crippen molar-refractivity contribution in [1.29, 1.82) is 0 Å². The molecular formula is C25H32N4O3. The van der Waals surface area contributed by atoms with Crippen LogP contribution in [-0.2, 0) is 13.1 Å². The fourth-order valence-electron chi connectivity index (χ4n) is 4.45. The maximum atomic E-state index is 9.70. The molecule has 170 valence electrons. The number of nitrogens with zero attached hydrogens (tertiary/aromatic N) is 3. The second kappa shape index (κ2) is 10.6. The maximum absolute atomic E-state index is 9.70. The molecule has 1 aliphatic heterocycles. The fourth-order valence-corrected chi connectivity index (χ4v) is 4.45. The summed E-state index contributed by atoms with van der Waals surface area (Å²) in [5, 5.41) is 17.2. The molecule has 2 heterocycles. The van der Waals surface area contributed by atoms with Gasteiger partial charge >= 0.3 is 0 Å². The minimum absolute atomic E-state index is 0.178. The highest BCUT2D eigenvalue weighted by molar-refractivity contribution is 5.62. The first-order valence-electron chi connectivity index (χ1n) is 11.1. The Bertz CT molecular complexity index is 970. The molecule has 7 heteroatoms. The predicted molar refractivity (Wildman–Crippen MR) is 125 cm³/mol. The molecule has 0 saturated carbocycles. The summed E-state index contributed by atoms with van der Waals surface area (Å²) >= 11 is 0. The van der Waals surface area contributed by atoms with Gasteiger partial charge in [-0.2, -0.15) is 5.10 Å². The summed E-state index contributed by atoms with van der Waals surface area (Å²) in [5.74, 6) is 1.59. The highest BCUT2D eigenvalue weighted by Gasteiger charge is 2.27. The van der Waals surface area contributed by atoms with Gasteiger partial charge < -0.3 is 14.6 Å². The van der Waals surface area contributed by atoms with Gasteiger partial charge in [-0.3, -0.25) is 14.9 Å². The summed E-state index contributed by atoms with van der Waals surface area (Å²) in [5.41, 5.74) is 4.58. The van der Waals surface area contributed by atoms with Crippen molar-refractivity contribution in [1.82, 2.24) is 20.0 Å². The van der Waals surface area contributed by atoms with E-state index in [1.54, 1.807) is 14.2 Å². The average Bonchev–Trinajstić information content (AvgIpc) is 3.29. The number of rotatable bonds is 9. The van der Waals surface area contributed by atoms with Crippen molar-refractivity contribution >= 4 is 0 Å². The lowest BCUT2D eigenvalue weighted by Crippen LogP contribution is -2.52. The molecular weight excluding hydrogens is 404 g/mol. The second-order valence-electron chi connectivity index (χ2n) is 8.23. The van der Waals surface area contributed by atoms with Crippen LogP contribution in [-0.4, -0.2) is 71.6 Å². The Morgan fingerprint density at radius 2 is 1.78 bits per heavy atom. The largest absolute Gasteiger partial charge is 0.497 e. The lowest BCUT2D eigenvalue weighted by Gasteiger charge is -2.41. The average molecular weight is 437 g/mol. The summed E-state index contributed by atoms with van der Waals surface area (Å²) in [6.07, 6.45) is 2.67. The van der Waals surface area contributed by atoms with Crippen molar-refractivity contribution < 1.29 is 14.6 Å². The SMILES string of the molecule is COc1cc(CN2CCN(Cc3cn[nH]c3-c3ccccc3)CC2CCO)cc(OC)c1. The van der Waals surface area contributed by atoms with E-state index in [1.165, 1.54) is 5.56 Å². The number of methoxy groups -OCH3 is 2. The van der Waals surface area contributed by atoms with Crippen LogP contribution in [0.2, 0.25) is 0 Å². The van der Waals surface area contributed by atoms with Gasteiger partial charge in [0.1, 0.15) is 11.5 Å². The van der Waals surface area contributed by atoms with Crippen molar-refractivity contribution in [3.05, 3.63) is 65.9 Å². The Morgan fingerprint density at radius 1 is 1.03 bits per heavy atom. The summed E-state index contributed by atoms with van der Waals surface area (Å²) < 4.78 is 10.9. The quantitative estimate of drug-likeness (QED) is 0.537. The van der Waals surface area contributed by atoms with Crippen LogP contribution in [0.5, 0.6) is 11.5 Å². The van der Waals surface area contributed by atoms with Crippen LogP contribution in [0.3, 0.4) is 0 Å². The Kier molecular flexibility index (Phi) is 7.42. The Morgan fingerprint density at radius 3 is 2.47 bits per heavy atom. The number of benzene rings is 2. The monoisotopic (exact) mass is 436 g/mol. The molecule has 7 nitrogen and oxygen atoms in total. The van der Waals surface area contributed by atoms with E-state index < -0.39 is 0 Å². The molecule has 3 aromatic rings. The van der Waals surface area contributed by atoms with Gasteiger partial charge in [0, 0.05) is 57.0 Å². The van der Waals surface area contributed by atoms with Gasteiger partial charge in [-0.1, -0.05) is 30.3 Å². The topological polar surface area (TPSA) is 73.9 Å². The normalized spacial score (nSPS) is 17.4. The number of piperazine rings is 1. The van der Waals surface area contributed by atoms with E-state index in [1.807, 2.05) is 30.5 Å². The van der Waals surface area contributed by atoms with Gasteiger partial charge in [0.05, 0.1) is 26.1 Å². The van der Waals surface area contributed by atoms with Crippen LogP contribution >= 0.6 is 0 Å². The van der Waals surface area contributed by atoms with E-state index in [2.05, 4.69) is 44.3 Å². The highest BCUT2D eigenvalue weighted by atomic mass is 16.5. The molecule has 0 bridgehead atoms. The molecule has 4 rings (SSSR count). The zero-order chi connectivity index (χ0) is 22.3. The standard InChI is InChI=1S/C25H32N4O3/c1-31-23-12-19(13-24(14-23)32-2)16-29-10-9-28(18-22(29)8-11-30)17-21-15-26-27-25(21)20-6-4-3-5-7-20/h3-7,12-15,22,30H,8-11,16-18H2,1-2H3,(H,26,27). The maximum Gasteiger partial charge on any atom is 0.122 e. The molecule has 1 atom stereocenters. The molecule has 0 spiro atoms. The van der Waals surface area contributed by atoms with Crippen LogP contribution in [0.25, 0.3) is 11.3 Å². The molecule has 0 radical (unpaired) electrons. The fraction of sp³-hybridized carbons (Fsp3) is 0.400. The molecule has 2 aromatic carbocycles. The van der Waals surface area contributed by atoms with Crippen molar-refractivity contribution in [3.63, 3.8) is 0 Å². The molecule has 1 saturated heterocycles. The number of hydrogen-bond acceptors (Lipinski definition) is 6. The number of H-pyrrole nitrogens is 1. The number of ether oxygens (including phenoxy) is 2. The van der Waals surface area contributed by atoms with Crippen LogP contribution in [0, 0.1) is 0 Å². The van der Waals surface area contributed by atoms with Gasteiger partial charge in [0.2, 0.25) is 0 Å². The van der Waals surface area contributed by atoms with Gasteiger partial charge in [-0.05, 0) is 29.7 Å². The molecule has 32 heavy (non-hydrogen) atoms. The Hall–Kier alpha value is -2.87. The third kappa shape index (κ3) is 5.30. The first-order valence-corrected chi connectivity index (χ1v) is 11.1. The Labute approximate surface area is 189 Å². The Balaban J connectivity index is 1.45. The molecule has 0 aliphatic carbocycles. The summed E-state index contributed by atoms with van der Waals surface area (Å²) in [4.78, 5) is 4.91. The zero-order valence-electron chi connectivity index (χ0n) is 18.8. The minimum atomic E-state index is 0.178. The zero-order valence-corrected chi connectivity index (χ0v) is 18.8. The number of aliphatic hydroxyl groups is 1.